The van der Waals surface area contributed by atoms with E-state index in [0.717, 1.165) is 30.2 Å². The van der Waals surface area contributed by atoms with Gasteiger partial charge in [-0.15, -0.1) is 0 Å². The van der Waals surface area contributed by atoms with Crippen molar-refractivity contribution in [2.45, 2.75) is 0 Å². The molecule has 0 atom stereocenters. The highest BCUT2D eigenvalue weighted by Gasteiger charge is 2.27. The second-order valence-corrected chi connectivity index (χ2v) is 15.8. The van der Waals surface area contributed by atoms with Crippen molar-refractivity contribution in [3.63, 3.8) is 0 Å². The van der Waals surface area contributed by atoms with Crippen LogP contribution >= 0.6 is 0 Å². The normalized spacial score (nSPS) is 13.7. The fourth-order valence-corrected chi connectivity index (χ4v) is 10.3. The lowest BCUT2D eigenvalue weighted by Crippen LogP contribution is -2.22. The Bertz CT molecular complexity index is 3610. The summed E-state index contributed by atoms with van der Waals surface area (Å²) in [6, 6.07) is 58.0. The minimum absolute atomic E-state index is 0.808. The Labute approximate surface area is 340 Å². The van der Waals surface area contributed by atoms with Gasteiger partial charge in [0, 0.05) is 53.1 Å². The lowest BCUT2D eigenvalue weighted by Gasteiger charge is -2.27. The molecule has 59 heavy (non-hydrogen) atoms. The summed E-state index contributed by atoms with van der Waals surface area (Å²) in [7, 11) is 2.20. The maximum absolute atomic E-state index is 3.71. The highest BCUT2D eigenvalue weighted by molar-refractivity contribution is 6.22. The maximum atomic E-state index is 3.71. The average Bonchev–Trinajstić information content (AvgIpc) is 4.01. The van der Waals surface area contributed by atoms with Gasteiger partial charge in [-0.05, 0) is 65.7 Å². The lowest BCUT2D eigenvalue weighted by molar-refractivity contribution is 1.000. The first-order chi connectivity index (χ1) is 29.2. The minimum Gasteiger partial charge on any atom is -0.379 e. The van der Waals surface area contributed by atoms with Crippen molar-refractivity contribution in [1.29, 1.82) is 0 Å². The molecule has 2 aliphatic heterocycles. The molecule has 0 bridgehead atoms. The van der Waals surface area contributed by atoms with Crippen LogP contribution in [0.25, 0.3) is 101 Å². The number of likely N-dealkylation sites (N-methyl/N-ethyl adjacent to an activating group) is 1. The number of hydrogen-bond donors (Lipinski definition) is 1. The molecule has 0 amide bonds. The number of nitrogens with zero attached hydrogens (tertiary/aromatic N) is 5. The largest absolute Gasteiger partial charge is 0.379 e. The highest BCUT2D eigenvalue weighted by atomic mass is 15.2. The van der Waals surface area contributed by atoms with Gasteiger partial charge in [0.2, 0.25) is 0 Å². The van der Waals surface area contributed by atoms with Crippen molar-refractivity contribution in [3.05, 3.63) is 181 Å². The molecule has 280 valence electrons. The van der Waals surface area contributed by atoms with Crippen molar-refractivity contribution >= 4 is 89.2 Å². The van der Waals surface area contributed by atoms with Crippen LogP contribution in [0, 0.1) is 0 Å². The number of benzene rings is 7. The van der Waals surface area contributed by atoms with E-state index >= 15 is 0 Å². The molecule has 6 nitrogen and oxygen atoms in total. The lowest BCUT2D eigenvalue weighted by atomic mass is 10.1. The zero-order valence-corrected chi connectivity index (χ0v) is 32.5. The van der Waals surface area contributed by atoms with Gasteiger partial charge in [-0.3, -0.25) is 0 Å². The second-order valence-electron chi connectivity index (χ2n) is 15.8. The van der Waals surface area contributed by atoms with Crippen molar-refractivity contribution in [2.75, 3.05) is 30.4 Å². The molecule has 7 aromatic carbocycles. The van der Waals surface area contributed by atoms with Crippen LogP contribution in [-0.4, -0.2) is 38.4 Å². The maximum Gasteiger partial charge on any atom is 0.0804 e. The third-order valence-corrected chi connectivity index (χ3v) is 12.6. The third kappa shape index (κ3) is 4.40. The van der Waals surface area contributed by atoms with Crippen molar-refractivity contribution < 1.29 is 0 Å². The Morgan fingerprint density at radius 1 is 0.424 bits per heavy atom. The molecule has 0 fully saturated rings. The molecule has 0 saturated carbocycles. The first kappa shape index (κ1) is 32.4. The quantitative estimate of drug-likeness (QED) is 0.194. The summed E-state index contributed by atoms with van der Waals surface area (Å²) in [5.41, 5.74) is 19.0. The van der Waals surface area contributed by atoms with Gasteiger partial charge in [0.15, 0.2) is 0 Å². The summed E-state index contributed by atoms with van der Waals surface area (Å²) < 4.78 is 9.97. The summed E-state index contributed by atoms with van der Waals surface area (Å²) in [6.45, 7) is 1.69. The van der Waals surface area contributed by atoms with E-state index in [1.54, 1.807) is 0 Å². The van der Waals surface area contributed by atoms with Crippen LogP contribution in [-0.2, 0) is 0 Å². The highest BCUT2D eigenvalue weighted by Crippen LogP contribution is 2.46. The van der Waals surface area contributed by atoms with E-state index in [-0.39, 0.29) is 0 Å². The number of para-hydroxylation sites is 6. The standard InChI is InChI=1S/C53H38N6/c1-55-32-14-18-35-16-11-30-47(49(35)55)59-45-28-9-5-24-41(45)51-53(59)39-22-3-7-26-43(39)57(51)37-20-12-19-36(33-37)56-42-25-6-2-21-38(42)52-50(56)40-23-4-8-27-44(40)58(52)46-29-10-15-34-17-13-31-54-48(34)46/h2-30,33,54H,31-32H2,1H3. The van der Waals surface area contributed by atoms with Gasteiger partial charge in [-0.25, -0.2) is 0 Å². The molecule has 0 aliphatic carbocycles. The van der Waals surface area contributed by atoms with Gasteiger partial charge in [-0.1, -0.05) is 127 Å². The molecule has 1 N–H and O–H groups in total. The Morgan fingerprint density at radius 3 is 1.47 bits per heavy atom. The topological polar surface area (TPSA) is 35.0 Å². The van der Waals surface area contributed by atoms with Gasteiger partial charge in [-0.2, -0.15) is 0 Å². The number of aromatic nitrogens is 4. The van der Waals surface area contributed by atoms with E-state index in [1.807, 2.05) is 0 Å². The van der Waals surface area contributed by atoms with Crippen LogP contribution < -0.4 is 10.2 Å². The molecule has 11 aromatic rings. The number of fused-ring (bicyclic) bond motifs is 12. The van der Waals surface area contributed by atoms with Crippen molar-refractivity contribution in [2.24, 2.45) is 0 Å². The second kappa shape index (κ2) is 12.2. The Balaban J connectivity index is 1.11. The zero-order valence-electron chi connectivity index (χ0n) is 32.5. The molecule has 13 rings (SSSR count). The molecular weight excluding hydrogens is 721 g/mol. The van der Waals surface area contributed by atoms with Crippen LogP contribution in [0.15, 0.2) is 170 Å². The minimum atomic E-state index is 0.808. The van der Waals surface area contributed by atoms with Gasteiger partial charge < -0.3 is 28.5 Å². The van der Waals surface area contributed by atoms with Crippen LogP contribution in [0.1, 0.15) is 11.1 Å². The van der Waals surface area contributed by atoms with Gasteiger partial charge >= 0.3 is 0 Å². The molecule has 2 aliphatic rings. The SMILES string of the molecule is CN1CC=Cc2cccc(-n3c4ccccc4c4c3c3ccccc3n4-c3cccc(-n4c5ccccc5c5c4c4ccccc4n5-c4cccc5c4NCC=C5)c3)c21. The first-order valence-corrected chi connectivity index (χ1v) is 20.5. The van der Waals surface area contributed by atoms with E-state index in [2.05, 4.69) is 218 Å². The third-order valence-electron chi connectivity index (χ3n) is 12.6. The Kier molecular flexibility index (Phi) is 6.67. The number of rotatable bonds is 4. The fourth-order valence-electron chi connectivity index (χ4n) is 10.3. The predicted molar refractivity (Wildman–Crippen MR) is 249 cm³/mol. The molecule has 0 saturated heterocycles. The summed E-state index contributed by atoms with van der Waals surface area (Å²) in [6.07, 6.45) is 8.93. The molecule has 4 aromatic heterocycles. The van der Waals surface area contributed by atoms with E-state index < -0.39 is 0 Å². The van der Waals surface area contributed by atoms with Crippen molar-refractivity contribution in [3.8, 4) is 22.7 Å². The van der Waals surface area contributed by atoms with Crippen LogP contribution in [0.2, 0.25) is 0 Å². The molecule has 0 unspecified atom stereocenters. The van der Waals surface area contributed by atoms with Crippen LogP contribution in [0.4, 0.5) is 11.4 Å². The zero-order chi connectivity index (χ0) is 38.8. The number of anilines is 2. The number of hydrogen-bond acceptors (Lipinski definition) is 2. The fraction of sp³-hybridized carbons (Fsp3) is 0.0566. The van der Waals surface area contributed by atoms with E-state index in [1.165, 1.54) is 93.9 Å². The van der Waals surface area contributed by atoms with Gasteiger partial charge in [0.1, 0.15) is 0 Å². The van der Waals surface area contributed by atoms with E-state index in [4.69, 9.17) is 0 Å². The van der Waals surface area contributed by atoms with Crippen LogP contribution in [0.3, 0.4) is 0 Å². The van der Waals surface area contributed by atoms with Crippen molar-refractivity contribution in [1.82, 2.24) is 18.3 Å². The smallest absolute Gasteiger partial charge is 0.0804 e. The summed E-state index contributed by atoms with van der Waals surface area (Å²) in [5, 5.41) is 8.59. The van der Waals surface area contributed by atoms with E-state index in [0.29, 0.717) is 0 Å². The monoisotopic (exact) mass is 758 g/mol. The van der Waals surface area contributed by atoms with Crippen LogP contribution in [0.5, 0.6) is 0 Å². The molecule has 0 spiro atoms. The van der Waals surface area contributed by atoms with Gasteiger partial charge in [0.25, 0.3) is 0 Å². The van der Waals surface area contributed by atoms with E-state index in [9.17, 15) is 0 Å². The summed E-state index contributed by atoms with van der Waals surface area (Å²) in [5.74, 6) is 0. The average molecular weight is 759 g/mol. The molecule has 0 radical (unpaired) electrons. The molecule has 6 heteroatoms. The number of nitrogens with one attached hydrogen (secondary N) is 1. The summed E-state index contributed by atoms with van der Waals surface area (Å²) in [4.78, 5) is 2.37. The van der Waals surface area contributed by atoms with Gasteiger partial charge in [0.05, 0.1) is 66.9 Å². The molecule has 6 heterocycles. The predicted octanol–water partition coefficient (Wildman–Crippen LogP) is 12.7. The Hall–Kier alpha value is -7.70. The summed E-state index contributed by atoms with van der Waals surface area (Å²) >= 11 is 0. The Morgan fingerprint density at radius 2 is 0.881 bits per heavy atom. The molecular formula is C53H38N6. The first-order valence-electron chi connectivity index (χ1n) is 20.5.